The molecule has 0 aromatic heterocycles. The summed E-state index contributed by atoms with van der Waals surface area (Å²) < 4.78 is 5.79. The van der Waals surface area contributed by atoms with Gasteiger partial charge in [-0.05, 0) is 48.1 Å². The first-order chi connectivity index (χ1) is 12.7. The van der Waals surface area contributed by atoms with E-state index in [1.54, 1.807) is 0 Å². The van der Waals surface area contributed by atoms with Gasteiger partial charge >= 0.3 is 0 Å². The topological polar surface area (TPSA) is 9.23 Å². The van der Waals surface area contributed by atoms with Gasteiger partial charge in [0.25, 0.3) is 0 Å². The largest absolute Gasteiger partial charge is 0.492 e. The molecular weight excluding hydrogens is 340 g/mol. The van der Waals surface area contributed by atoms with E-state index >= 15 is 0 Å². The molecule has 0 aliphatic heterocycles. The van der Waals surface area contributed by atoms with Crippen molar-refractivity contribution < 1.29 is 4.74 Å². The summed E-state index contributed by atoms with van der Waals surface area (Å²) in [6.45, 7) is 5.19. The molecule has 2 aromatic rings. The van der Waals surface area contributed by atoms with E-state index in [2.05, 4.69) is 44.2 Å². The lowest BCUT2D eigenvalue weighted by atomic mass is 10.0. The second kappa shape index (κ2) is 12.0. The van der Waals surface area contributed by atoms with Crippen LogP contribution >= 0.6 is 11.6 Å². The van der Waals surface area contributed by atoms with E-state index in [-0.39, 0.29) is 0 Å². The average Bonchev–Trinajstić information content (AvgIpc) is 2.66. The molecule has 26 heavy (non-hydrogen) atoms. The van der Waals surface area contributed by atoms with E-state index < -0.39 is 0 Å². The molecule has 142 valence electrons. The van der Waals surface area contributed by atoms with Crippen molar-refractivity contribution in [3.63, 3.8) is 0 Å². The van der Waals surface area contributed by atoms with Crippen LogP contribution in [0.5, 0.6) is 5.75 Å². The molecule has 0 fully saturated rings. The zero-order valence-corrected chi connectivity index (χ0v) is 17.2. The number of hydrogen-bond donors (Lipinski definition) is 0. The molecule has 0 aliphatic rings. The molecule has 0 bridgehead atoms. The highest BCUT2D eigenvalue weighted by Crippen LogP contribution is 2.31. The SMILES string of the molecule is CCCCCCCc1ccc(-c2ccc(OCCCCC)c(Cl)c2)cc1. The Balaban J connectivity index is 1.88. The summed E-state index contributed by atoms with van der Waals surface area (Å²) in [6.07, 6.45) is 11.3. The van der Waals surface area contributed by atoms with Gasteiger partial charge in [0.15, 0.2) is 0 Å². The van der Waals surface area contributed by atoms with Gasteiger partial charge in [-0.15, -0.1) is 0 Å². The quantitative estimate of drug-likeness (QED) is 0.342. The van der Waals surface area contributed by atoms with Crippen molar-refractivity contribution in [1.29, 1.82) is 0 Å². The number of benzene rings is 2. The van der Waals surface area contributed by atoms with Gasteiger partial charge < -0.3 is 4.74 Å². The van der Waals surface area contributed by atoms with E-state index in [0.717, 1.165) is 24.3 Å². The van der Waals surface area contributed by atoms with Gasteiger partial charge in [0.05, 0.1) is 11.6 Å². The number of unbranched alkanes of at least 4 members (excludes halogenated alkanes) is 6. The van der Waals surface area contributed by atoms with Gasteiger partial charge in [-0.3, -0.25) is 0 Å². The molecule has 0 spiro atoms. The van der Waals surface area contributed by atoms with Crippen molar-refractivity contribution in [3.8, 4) is 16.9 Å². The summed E-state index contributed by atoms with van der Waals surface area (Å²) >= 11 is 6.41. The third kappa shape index (κ3) is 7.03. The monoisotopic (exact) mass is 372 g/mol. The third-order valence-electron chi connectivity index (χ3n) is 4.79. The minimum absolute atomic E-state index is 0.694. The maximum absolute atomic E-state index is 6.41. The van der Waals surface area contributed by atoms with Gasteiger partial charge in [0, 0.05) is 0 Å². The average molecular weight is 373 g/mol. The first-order valence-electron chi connectivity index (χ1n) is 10.3. The molecule has 0 saturated carbocycles. The predicted octanol–water partition coefficient (Wildman–Crippen LogP) is 8.09. The van der Waals surface area contributed by atoms with E-state index in [1.807, 2.05) is 12.1 Å². The summed E-state index contributed by atoms with van der Waals surface area (Å²) in [7, 11) is 0. The Morgan fingerprint density at radius 3 is 2.08 bits per heavy atom. The molecule has 0 aliphatic carbocycles. The Labute approximate surface area is 164 Å². The highest BCUT2D eigenvalue weighted by Gasteiger charge is 2.05. The first kappa shape index (κ1) is 20.8. The molecule has 1 nitrogen and oxygen atoms in total. The van der Waals surface area contributed by atoms with Crippen LogP contribution in [0.3, 0.4) is 0 Å². The highest BCUT2D eigenvalue weighted by molar-refractivity contribution is 6.32. The normalized spacial score (nSPS) is 10.9. The molecule has 0 unspecified atom stereocenters. The standard InChI is InChI=1S/C24H33ClO/c1-3-5-7-8-9-11-20-12-14-21(15-13-20)22-16-17-24(23(25)19-22)26-18-10-6-4-2/h12-17,19H,3-11,18H2,1-2H3. The van der Waals surface area contributed by atoms with Crippen molar-refractivity contribution in [2.75, 3.05) is 6.61 Å². The Bertz CT molecular complexity index is 633. The summed E-state index contributed by atoms with van der Waals surface area (Å²) in [5, 5.41) is 0.694. The fraction of sp³-hybridized carbons (Fsp3) is 0.500. The molecular formula is C24H33ClO. The lowest BCUT2D eigenvalue weighted by molar-refractivity contribution is 0.306. The van der Waals surface area contributed by atoms with Gasteiger partial charge in [0.1, 0.15) is 5.75 Å². The fourth-order valence-electron chi connectivity index (χ4n) is 3.13. The van der Waals surface area contributed by atoms with Gasteiger partial charge in [-0.2, -0.15) is 0 Å². The van der Waals surface area contributed by atoms with Crippen LogP contribution in [0.4, 0.5) is 0 Å². The van der Waals surface area contributed by atoms with Crippen molar-refractivity contribution >= 4 is 11.6 Å². The molecule has 0 radical (unpaired) electrons. The predicted molar refractivity (Wildman–Crippen MR) is 114 cm³/mol. The van der Waals surface area contributed by atoms with Gasteiger partial charge in [-0.1, -0.05) is 94.3 Å². The Morgan fingerprint density at radius 2 is 1.38 bits per heavy atom. The molecule has 2 heteroatoms. The molecule has 0 atom stereocenters. The van der Waals surface area contributed by atoms with E-state index in [9.17, 15) is 0 Å². The van der Waals surface area contributed by atoms with Crippen molar-refractivity contribution in [3.05, 3.63) is 53.1 Å². The Hall–Kier alpha value is -1.47. The maximum atomic E-state index is 6.41. The summed E-state index contributed by atoms with van der Waals surface area (Å²) in [6, 6.07) is 15.0. The van der Waals surface area contributed by atoms with Crippen molar-refractivity contribution in [2.45, 2.75) is 71.6 Å². The lowest BCUT2D eigenvalue weighted by Gasteiger charge is -2.10. The van der Waals surface area contributed by atoms with Crippen LogP contribution in [0.25, 0.3) is 11.1 Å². The summed E-state index contributed by atoms with van der Waals surface area (Å²) in [5.41, 5.74) is 3.77. The number of hydrogen-bond acceptors (Lipinski definition) is 1. The molecule has 0 heterocycles. The second-order valence-electron chi connectivity index (χ2n) is 7.06. The zero-order valence-electron chi connectivity index (χ0n) is 16.4. The van der Waals surface area contributed by atoms with Crippen LogP contribution in [0.2, 0.25) is 5.02 Å². The summed E-state index contributed by atoms with van der Waals surface area (Å²) in [5.74, 6) is 0.787. The summed E-state index contributed by atoms with van der Waals surface area (Å²) in [4.78, 5) is 0. The van der Waals surface area contributed by atoms with Gasteiger partial charge in [0.2, 0.25) is 0 Å². The first-order valence-corrected chi connectivity index (χ1v) is 10.6. The van der Waals surface area contributed by atoms with Crippen molar-refractivity contribution in [1.82, 2.24) is 0 Å². The van der Waals surface area contributed by atoms with Crippen LogP contribution in [0, 0.1) is 0 Å². The van der Waals surface area contributed by atoms with Gasteiger partial charge in [-0.25, -0.2) is 0 Å². The third-order valence-corrected chi connectivity index (χ3v) is 5.09. The smallest absolute Gasteiger partial charge is 0.137 e. The lowest BCUT2D eigenvalue weighted by Crippen LogP contribution is -1.97. The van der Waals surface area contributed by atoms with Crippen molar-refractivity contribution in [2.24, 2.45) is 0 Å². The van der Waals surface area contributed by atoms with E-state index in [1.165, 1.54) is 62.5 Å². The van der Waals surface area contributed by atoms with Crippen LogP contribution in [0.15, 0.2) is 42.5 Å². The van der Waals surface area contributed by atoms with Crippen LogP contribution in [-0.2, 0) is 6.42 Å². The van der Waals surface area contributed by atoms with E-state index in [4.69, 9.17) is 16.3 Å². The van der Waals surface area contributed by atoms with Crippen LogP contribution in [-0.4, -0.2) is 6.61 Å². The molecule has 0 saturated heterocycles. The fourth-order valence-corrected chi connectivity index (χ4v) is 3.36. The minimum Gasteiger partial charge on any atom is -0.492 e. The molecule has 0 amide bonds. The molecule has 2 aromatic carbocycles. The second-order valence-corrected chi connectivity index (χ2v) is 7.47. The zero-order chi connectivity index (χ0) is 18.6. The Kier molecular flexibility index (Phi) is 9.63. The number of rotatable bonds is 12. The number of aryl methyl sites for hydroxylation is 1. The minimum atomic E-state index is 0.694. The van der Waals surface area contributed by atoms with Crippen LogP contribution < -0.4 is 4.74 Å². The highest BCUT2D eigenvalue weighted by atomic mass is 35.5. The number of ether oxygens (including phenoxy) is 1. The Morgan fingerprint density at radius 1 is 0.731 bits per heavy atom. The molecule has 0 N–H and O–H groups in total. The number of halogens is 1. The maximum Gasteiger partial charge on any atom is 0.137 e. The van der Waals surface area contributed by atoms with Crippen LogP contribution in [0.1, 0.15) is 70.8 Å². The van der Waals surface area contributed by atoms with E-state index in [0.29, 0.717) is 5.02 Å². The molecule has 2 rings (SSSR count).